The quantitative estimate of drug-likeness (QED) is 0.346. The molecule has 2 aliphatic heterocycles. The van der Waals surface area contributed by atoms with Crippen molar-refractivity contribution in [3.8, 4) is 6.07 Å². The number of allylic oxidation sites excluding steroid dienone is 4. The Kier molecular flexibility index (Phi) is 10.6. The van der Waals surface area contributed by atoms with Crippen molar-refractivity contribution in [1.82, 2.24) is 20.9 Å². The third kappa shape index (κ3) is 8.45. The number of carbonyl (C=O) groups is 6. The SMILES string of the molecule is CCN1C(=O)NC(=O)/C(=C\C=C\c2ccc(N(C)C)cc2)C1=O.N#Cc1ccc(/C=C/C=C2C(=O)NC(=O)NC2=O)cc1. The summed E-state index contributed by atoms with van der Waals surface area (Å²) >= 11 is 0. The molecule has 2 saturated heterocycles. The largest absolute Gasteiger partial charge is 0.378 e. The first-order valence-electron chi connectivity index (χ1n) is 12.9. The summed E-state index contributed by atoms with van der Waals surface area (Å²) in [6.45, 7) is 1.89. The zero-order valence-electron chi connectivity index (χ0n) is 23.6. The van der Waals surface area contributed by atoms with Gasteiger partial charge in [0.1, 0.15) is 11.1 Å². The number of likely N-dealkylation sites (N-methyl/N-ethyl adjacent to an activating group) is 1. The normalized spacial score (nSPS) is 16.0. The minimum Gasteiger partial charge on any atom is -0.378 e. The summed E-state index contributed by atoms with van der Waals surface area (Å²) in [5.74, 6) is -2.71. The molecule has 0 atom stereocenters. The minimum atomic E-state index is -0.826. The Balaban J connectivity index is 0.000000238. The first-order valence-corrected chi connectivity index (χ1v) is 12.9. The van der Waals surface area contributed by atoms with Crippen LogP contribution < -0.4 is 20.9 Å². The van der Waals surface area contributed by atoms with Crippen LogP contribution in [0.3, 0.4) is 0 Å². The number of nitrogens with zero attached hydrogens (tertiary/aromatic N) is 3. The van der Waals surface area contributed by atoms with Crippen LogP contribution in [-0.2, 0) is 19.2 Å². The number of nitriles is 1. The second-order valence-electron chi connectivity index (χ2n) is 9.14. The monoisotopic (exact) mass is 580 g/mol. The fourth-order valence-electron chi connectivity index (χ4n) is 3.69. The lowest BCUT2D eigenvalue weighted by molar-refractivity contribution is -0.130. The van der Waals surface area contributed by atoms with Gasteiger partial charge in [0, 0.05) is 26.3 Å². The van der Waals surface area contributed by atoms with Crippen LogP contribution in [0, 0.1) is 11.3 Å². The number of hydrogen-bond donors (Lipinski definition) is 3. The number of benzene rings is 2. The van der Waals surface area contributed by atoms with Gasteiger partial charge in [0.2, 0.25) is 0 Å². The Morgan fingerprint density at radius 2 is 1.23 bits per heavy atom. The second-order valence-corrected chi connectivity index (χ2v) is 9.14. The molecule has 12 nitrogen and oxygen atoms in total. The predicted octanol–water partition coefficient (Wildman–Crippen LogP) is 2.65. The molecule has 2 heterocycles. The van der Waals surface area contributed by atoms with E-state index in [4.69, 9.17) is 5.26 Å². The van der Waals surface area contributed by atoms with Gasteiger partial charge in [-0.1, -0.05) is 48.6 Å². The first-order chi connectivity index (χ1) is 20.5. The number of hydrogen-bond acceptors (Lipinski definition) is 8. The van der Waals surface area contributed by atoms with E-state index in [1.165, 1.54) is 18.2 Å². The molecular formula is C31H28N6O6. The number of imide groups is 4. The van der Waals surface area contributed by atoms with Crippen molar-refractivity contribution in [2.75, 3.05) is 25.5 Å². The van der Waals surface area contributed by atoms with E-state index in [0.29, 0.717) is 5.56 Å². The molecule has 2 aliphatic rings. The molecule has 2 aromatic carbocycles. The number of rotatable bonds is 6. The van der Waals surface area contributed by atoms with Gasteiger partial charge in [-0.25, -0.2) is 9.59 Å². The van der Waals surface area contributed by atoms with Crippen LogP contribution in [-0.4, -0.2) is 61.2 Å². The van der Waals surface area contributed by atoms with Gasteiger partial charge in [-0.15, -0.1) is 0 Å². The van der Waals surface area contributed by atoms with E-state index in [2.05, 4.69) is 5.32 Å². The molecule has 0 radical (unpaired) electrons. The topological polar surface area (TPSA) is 169 Å². The van der Waals surface area contributed by atoms with Crippen LogP contribution in [0.5, 0.6) is 0 Å². The van der Waals surface area contributed by atoms with Crippen LogP contribution in [0.25, 0.3) is 12.2 Å². The number of carbonyl (C=O) groups excluding carboxylic acids is 6. The van der Waals surface area contributed by atoms with Crippen LogP contribution in [0.1, 0.15) is 23.6 Å². The minimum absolute atomic E-state index is 0.0485. The van der Waals surface area contributed by atoms with Crippen molar-refractivity contribution >= 4 is 53.5 Å². The highest BCUT2D eigenvalue weighted by molar-refractivity contribution is 6.29. The summed E-state index contributed by atoms with van der Waals surface area (Å²) in [6, 6.07) is 15.1. The number of amides is 8. The van der Waals surface area contributed by atoms with E-state index in [-0.39, 0.29) is 17.7 Å². The van der Waals surface area contributed by atoms with E-state index in [9.17, 15) is 28.8 Å². The van der Waals surface area contributed by atoms with Gasteiger partial charge < -0.3 is 4.90 Å². The molecule has 0 aliphatic carbocycles. The molecule has 43 heavy (non-hydrogen) atoms. The van der Waals surface area contributed by atoms with Crippen molar-refractivity contribution < 1.29 is 28.8 Å². The summed E-state index contributed by atoms with van der Waals surface area (Å²) in [6.07, 6.45) is 9.35. The van der Waals surface area contributed by atoms with Gasteiger partial charge >= 0.3 is 12.1 Å². The average Bonchev–Trinajstić information content (AvgIpc) is 2.97. The fraction of sp³-hybridized carbons (Fsp3) is 0.129. The molecule has 0 saturated carbocycles. The molecule has 8 amide bonds. The third-order valence-corrected chi connectivity index (χ3v) is 6.00. The highest BCUT2D eigenvalue weighted by atomic mass is 16.2. The van der Waals surface area contributed by atoms with Crippen LogP contribution >= 0.6 is 0 Å². The van der Waals surface area contributed by atoms with Gasteiger partial charge in [-0.3, -0.25) is 40.0 Å². The van der Waals surface area contributed by atoms with E-state index in [1.807, 2.05) is 60.0 Å². The number of anilines is 1. The maximum absolute atomic E-state index is 12.1. The lowest BCUT2D eigenvalue weighted by Gasteiger charge is -2.24. The Labute approximate surface area is 247 Å². The molecule has 0 spiro atoms. The Hall–Kier alpha value is -6.09. The summed E-state index contributed by atoms with van der Waals surface area (Å²) in [5.41, 5.74) is 3.19. The molecule has 0 unspecified atom stereocenters. The van der Waals surface area contributed by atoms with Crippen LogP contribution in [0.15, 0.2) is 84.0 Å². The molecule has 0 aromatic heterocycles. The van der Waals surface area contributed by atoms with Crippen molar-refractivity contribution in [2.45, 2.75) is 6.92 Å². The van der Waals surface area contributed by atoms with Gasteiger partial charge in [-0.05, 0) is 54.5 Å². The van der Waals surface area contributed by atoms with Crippen LogP contribution in [0.4, 0.5) is 15.3 Å². The molecule has 2 fully saturated rings. The zero-order chi connectivity index (χ0) is 31.5. The van der Waals surface area contributed by atoms with E-state index in [1.54, 1.807) is 49.4 Å². The van der Waals surface area contributed by atoms with Crippen molar-refractivity contribution in [3.05, 3.63) is 101 Å². The van der Waals surface area contributed by atoms with Gasteiger partial charge in [0.05, 0.1) is 11.6 Å². The molecule has 12 heteroatoms. The second kappa shape index (κ2) is 14.5. The molecule has 218 valence electrons. The first kappa shape index (κ1) is 31.4. The standard InChI is InChI=1S/C17H19N3O3.C14H9N3O3/c1-4-20-16(22)14(15(21)18-17(20)23)7-5-6-12-8-10-13(11-9-12)19(2)3;15-8-10-6-4-9(5-7-10)2-1-3-11-12(18)16-14(20)17-13(11)19/h5-11H,4H2,1-3H3,(H,18,21,23);1-7H,(H2,16,17,18,19,20)/b6-5+,14-7+;2-1+. The van der Waals surface area contributed by atoms with Crippen molar-refractivity contribution in [2.24, 2.45) is 0 Å². The number of urea groups is 2. The number of barbiturate groups is 2. The maximum Gasteiger partial charge on any atom is 0.331 e. The molecular weight excluding hydrogens is 552 g/mol. The number of nitrogens with one attached hydrogen (secondary N) is 3. The molecule has 4 rings (SSSR count). The average molecular weight is 581 g/mol. The highest BCUT2D eigenvalue weighted by Crippen LogP contribution is 2.14. The van der Waals surface area contributed by atoms with E-state index >= 15 is 0 Å². The summed E-state index contributed by atoms with van der Waals surface area (Å²) < 4.78 is 0. The molecule has 0 bridgehead atoms. The smallest absolute Gasteiger partial charge is 0.331 e. The molecule has 3 N–H and O–H groups in total. The van der Waals surface area contributed by atoms with E-state index < -0.39 is 35.7 Å². The Bertz CT molecular complexity index is 1590. The van der Waals surface area contributed by atoms with Gasteiger partial charge in [0.25, 0.3) is 23.6 Å². The van der Waals surface area contributed by atoms with Gasteiger partial charge in [0.15, 0.2) is 0 Å². The van der Waals surface area contributed by atoms with E-state index in [0.717, 1.165) is 21.7 Å². The molecule has 2 aromatic rings. The summed E-state index contributed by atoms with van der Waals surface area (Å²) in [7, 11) is 3.92. The lowest BCUT2D eigenvalue weighted by atomic mass is 10.1. The Morgan fingerprint density at radius 3 is 1.72 bits per heavy atom. The maximum atomic E-state index is 12.1. The van der Waals surface area contributed by atoms with Gasteiger partial charge in [-0.2, -0.15) is 5.26 Å². The summed E-state index contributed by atoms with van der Waals surface area (Å²) in [4.78, 5) is 72.0. The Morgan fingerprint density at radius 1 is 0.744 bits per heavy atom. The third-order valence-electron chi connectivity index (χ3n) is 6.00. The van der Waals surface area contributed by atoms with Crippen LogP contribution in [0.2, 0.25) is 0 Å². The zero-order valence-corrected chi connectivity index (χ0v) is 23.6. The van der Waals surface area contributed by atoms with Crippen molar-refractivity contribution in [1.29, 1.82) is 5.26 Å². The predicted molar refractivity (Wildman–Crippen MR) is 159 cm³/mol. The lowest BCUT2D eigenvalue weighted by Crippen LogP contribution is -2.53. The highest BCUT2D eigenvalue weighted by Gasteiger charge is 2.34. The summed E-state index contributed by atoms with van der Waals surface area (Å²) in [5, 5.41) is 14.8. The fourth-order valence-corrected chi connectivity index (χ4v) is 3.69. The van der Waals surface area contributed by atoms with Crippen molar-refractivity contribution in [3.63, 3.8) is 0 Å².